The van der Waals surface area contributed by atoms with Gasteiger partial charge in [0, 0.05) is 25.0 Å². The molecule has 3 aromatic rings. The first-order chi connectivity index (χ1) is 10.8. The van der Waals surface area contributed by atoms with Crippen molar-refractivity contribution < 1.29 is 9.53 Å². The fourth-order valence-electron chi connectivity index (χ4n) is 2.21. The summed E-state index contributed by atoms with van der Waals surface area (Å²) in [4.78, 5) is 15.7. The molecule has 0 amide bonds. The SMILES string of the molecule is COC(=O)Cn1ccnc1Cc1cnn(-c2ccccc2)c1. The lowest BCUT2D eigenvalue weighted by molar-refractivity contribution is -0.141. The molecule has 22 heavy (non-hydrogen) atoms. The van der Waals surface area contributed by atoms with E-state index in [-0.39, 0.29) is 12.5 Å². The standard InChI is InChI=1S/C16H16N4O2/c1-22-16(21)12-19-8-7-17-15(19)9-13-10-18-20(11-13)14-5-3-2-4-6-14/h2-8,10-11H,9,12H2,1H3. The Morgan fingerprint density at radius 3 is 2.86 bits per heavy atom. The topological polar surface area (TPSA) is 61.9 Å². The Hall–Kier alpha value is -2.89. The predicted octanol–water partition coefficient (Wildman–Crippen LogP) is 1.83. The third kappa shape index (κ3) is 3.06. The highest BCUT2D eigenvalue weighted by Crippen LogP contribution is 2.11. The molecule has 0 radical (unpaired) electrons. The van der Waals surface area contributed by atoms with Gasteiger partial charge in [0.05, 0.1) is 19.0 Å². The van der Waals surface area contributed by atoms with Crippen molar-refractivity contribution in [1.82, 2.24) is 19.3 Å². The van der Waals surface area contributed by atoms with Crippen molar-refractivity contribution >= 4 is 5.97 Å². The van der Waals surface area contributed by atoms with Gasteiger partial charge in [-0.05, 0) is 17.7 Å². The highest BCUT2D eigenvalue weighted by atomic mass is 16.5. The van der Waals surface area contributed by atoms with Gasteiger partial charge in [-0.2, -0.15) is 5.10 Å². The van der Waals surface area contributed by atoms with Crippen LogP contribution >= 0.6 is 0 Å². The molecule has 112 valence electrons. The lowest BCUT2D eigenvalue weighted by atomic mass is 10.2. The fraction of sp³-hybridized carbons (Fsp3) is 0.188. The van der Waals surface area contributed by atoms with Crippen LogP contribution in [0, 0.1) is 0 Å². The Morgan fingerprint density at radius 1 is 1.27 bits per heavy atom. The van der Waals surface area contributed by atoms with Gasteiger partial charge in [-0.25, -0.2) is 9.67 Å². The van der Waals surface area contributed by atoms with E-state index in [1.165, 1.54) is 7.11 Å². The van der Waals surface area contributed by atoms with Crippen molar-refractivity contribution in [3.63, 3.8) is 0 Å². The lowest BCUT2D eigenvalue weighted by Crippen LogP contribution is -2.13. The van der Waals surface area contributed by atoms with Crippen LogP contribution in [0.3, 0.4) is 0 Å². The number of carbonyl (C=O) groups excluding carboxylic acids is 1. The third-order valence-electron chi connectivity index (χ3n) is 3.35. The smallest absolute Gasteiger partial charge is 0.325 e. The van der Waals surface area contributed by atoms with E-state index >= 15 is 0 Å². The highest BCUT2D eigenvalue weighted by molar-refractivity contribution is 5.69. The minimum Gasteiger partial charge on any atom is -0.468 e. The molecule has 2 aromatic heterocycles. The maximum atomic E-state index is 11.4. The van der Waals surface area contributed by atoms with Gasteiger partial charge < -0.3 is 9.30 Å². The largest absolute Gasteiger partial charge is 0.468 e. The first-order valence-electron chi connectivity index (χ1n) is 6.92. The summed E-state index contributed by atoms with van der Waals surface area (Å²) in [5.74, 6) is 0.511. The number of ether oxygens (including phenoxy) is 1. The van der Waals surface area contributed by atoms with Crippen molar-refractivity contribution in [2.24, 2.45) is 0 Å². The van der Waals surface area contributed by atoms with Gasteiger partial charge in [0.1, 0.15) is 12.4 Å². The summed E-state index contributed by atoms with van der Waals surface area (Å²) in [7, 11) is 1.38. The van der Waals surface area contributed by atoms with E-state index in [4.69, 9.17) is 0 Å². The second-order valence-corrected chi connectivity index (χ2v) is 4.85. The maximum absolute atomic E-state index is 11.4. The summed E-state index contributed by atoms with van der Waals surface area (Å²) in [6.07, 6.45) is 7.83. The maximum Gasteiger partial charge on any atom is 0.325 e. The molecule has 6 nitrogen and oxygen atoms in total. The van der Waals surface area contributed by atoms with Crippen LogP contribution in [-0.2, 0) is 22.5 Å². The number of esters is 1. The van der Waals surface area contributed by atoms with Gasteiger partial charge in [-0.1, -0.05) is 18.2 Å². The van der Waals surface area contributed by atoms with E-state index < -0.39 is 0 Å². The average molecular weight is 296 g/mol. The summed E-state index contributed by atoms with van der Waals surface area (Å²) in [6, 6.07) is 9.90. The number of carbonyl (C=O) groups is 1. The quantitative estimate of drug-likeness (QED) is 0.674. The van der Waals surface area contributed by atoms with Crippen LogP contribution in [0.2, 0.25) is 0 Å². The minimum absolute atomic E-state index is 0.165. The molecule has 0 aliphatic carbocycles. The van der Waals surface area contributed by atoms with Crippen LogP contribution < -0.4 is 0 Å². The van der Waals surface area contributed by atoms with Crippen LogP contribution in [0.5, 0.6) is 0 Å². The van der Waals surface area contributed by atoms with Crippen LogP contribution in [0.4, 0.5) is 0 Å². The number of benzene rings is 1. The van der Waals surface area contributed by atoms with E-state index in [0.29, 0.717) is 6.42 Å². The normalized spacial score (nSPS) is 10.6. The van der Waals surface area contributed by atoms with Crippen LogP contribution in [0.1, 0.15) is 11.4 Å². The van der Waals surface area contributed by atoms with Gasteiger partial charge in [0.2, 0.25) is 0 Å². The molecule has 0 N–H and O–H groups in total. The van der Waals surface area contributed by atoms with Crippen LogP contribution in [-0.4, -0.2) is 32.4 Å². The van der Waals surface area contributed by atoms with Gasteiger partial charge in [0.15, 0.2) is 0 Å². The van der Waals surface area contributed by atoms with E-state index in [1.54, 1.807) is 17.0 Å². The molecule has 0 unspecified atom stereocenters. The summed E-state index contributed by atoms with van der Waals surface area (Å²) in [5, 5.41) is 4.36. The molecule has 0 saturated carbocycles. The summed E-state index contributed by atoms with van der Waals surface area (Å²) < 4.78 is 8.29. The number of methoxy groups -OCH3 is 1. The number of para-hydroxylation sites is 1. The molecule has 0 saturated heterocycles. The Kier molecular flexibility index (Phi) is 4.00. The Bertz CT molecular complexity index is 761. The lowest BCUT2D eigenvalue weighted by Gasteiger charge is -2.05. The van der Waals surface area contributed by atoms with E-state index in [2.05, 4.69) is 14.8 Å². The van der Waals surface area contributed by atoms with Crippen molar-refractivity contribution in [2.75, 3.05) is 7.11 Å². The summed E-state index contributed by atoms with van der Waals surface area (Å²) in [6.45, 7) is 0.165. The van der Waals surface area contributed by atoms with Gasteiger partial charge >= 0.3 is 5.97 Å². The zero-order valence-electron chi connectivity index (χ0n) is 12.2. The van der Waals surface area contributed by atoms with Crippen molar-refractivity contribution in [3.8, 4) is 5.69 Å². The molecule has 6 heteroatoms. The second kappa shape index (κ2) is 6.26. The number of hydrogen-bond donors (Lipinski definition) is 0. The Morgan fingerprint density at radius 2 is 2.09 bits per heavy atom. The third-order valence-corrected chi connectivity index (χ3v) is 3.35. The molecule has 1 aromatic carbocycles. The van der Waals surface area contributed by atoms with Gasteiger partial charge in [-0.3, -0.25) is 4.79 Å². The molecule has 0 aliphatic rings. The molecule has 0 atom stereocenters. The number of rotatable bonds is 5. The zero-order valence-corrected chi connectivity index (χ0v) is 12.2. The molecule has 2 heterocycles. The first-order valence-corrected chi connectivity index (χ1v) is 6.92. The summed E-state index contributed by atoms with van der Waals surface area (Å²) in [5.41, 5.74) is 2.04. The Labute approximate surface area is 128 Å². The molecular weight excluding hydrogens is 280 g/mol. The van der Waals surface area contributed by atoms with E-state index in [9.17, 15) is 4.79 Å². The first kappa shape index (κ1) is 14.1. The van der Waals surface area contributed by atoms with Crippen LogP contribution in [0.15, 0.2) is 55.1 Å². The van der Waals surface area contributed by atoms with Crippen molar-refractivity contribution in [3.05, 3.63) is 66.5 Å². The minimum atomic E-state index is -0.292. The zero-order chi connectivity index (χ0) is 15.4. The highest BCUT2D eigenvalue weighted by Gasteiger charge is 2.10. The van der Waals surface area contributed by atoms with E-state index in [1.807, 2.05) is 47.4 Å². The van der Waals surface area contributed by atoms with Crippen LogP contribution in [0.25, 0.3) is 5.69 Å². The number of imidazole rings is 1. The summed E-state index contributed by atoms with van der Waals surface area (Å²) >= 11 is 0. The Balaban J connectivity index is 1.76. The second-order valence-electron chi connectivity index (χ2n) is 4.85. The van der Waals surface area contributed by atoms with Gasteiger partial charge in [-0.15, -0.1) is 0 Å². The number of nitrogens with zero attached hydrogens (tertiary/aromatic N) is 4. The molecule has 0 spiro atoms. The van der Waals surface area contributed by atoms with Gasteiger partial charge in [0.25, 0.3) is 0 Å². The predicted molar refractivity (Wildman–Crippen MR) is 80.6 cm³/mol. The van der Waals surface area contributed by atoms with Crippen molar-refractivity contribution in [1.29, 1.82) is 0 Å². The molecule has 0 bridgehead atoms. The molecule has 0 aliphatic heterocycles. The number of aromatic nitrogens is 4. The van der Waals surface area contributed by atoms with Crippen molar-refractivity contribution in [2.45, 2.75) is 13.0 Å². The monoisotopic (exact) mass is 296 g/mol. The fourth-order valence-corrected chi connectivity index (χ4v) is 2.21. The molecule has 3 rings (SSSR count). The van der Waals surface area contributed by atoms with E-state index in [0.717, 1.165) is 17.1 Å². The molecular formula is C16H16N4O2. The number of hydrogen-bond acceptors (Lipinski definition) is 4. The molecule has 0 fully saturated rings. The average Bonchev–Trinajstić information content (AvgIpc) is 3.19.